The van der Waals surface area contributed by atoms with E-state index in [1.54, 1.807) is 0 Å². The van der Waals surface area contributed by atoms with E-state index in [9.17, 15) is 4.79 Å². The number of nitrogens with one attached hydrogen (secondary N) is 2. The Morgan fingerprint density at radius 1 is 1.12 bits per heavy atom. The van der Waals surface area contributed by atoms with Gasteiger partial charge in [0.1, 0.15) is 5.82 Å². The molecule has 0 saturated carbocycles. The molecule has 0 bridgehead atoms. The van der Waals surface area contributed by atoms with Crippen molar-refractivity contribution in [3.05, 3.63) is 52.7 Å². The fraction of sp³-hybridized carbons (Fsp3) is 0.368. The van der Waals surface area contributed by atoms with E-state index in [1.807, 2.05) is 51.2 Å². The van der Waals surface area contributed by atoms with Crippen molar-refractivity contribution in [2.45, 2.75) is 20.8 Å². The topological polar surface area (TPSA) is 57.3 Å². The van der Waals surface area contributed by atoms with Crippen molar-refractivity contribution in [3.63, 3.8) is 0 Å². The van der Waals surface area contributed by atoms with Crippen LogP contribution >= 0.6 is 12.4 Å². The van der Waals surface area contributed by atoms with Crippen LogP contribution in [0.4, 0.5) is 11.5 Å². The Bertz CT molecular complexity index is 717. The van der Waals surface area contributed by atoms with Gasteiger partial charge in [0.25, 0.3) is 5.91 Å². The van der Waals surface area contributed by atoms with E-state index in [0.29, 0.717) is 5.82 Å². The normalized spacial score (nSPS) is 14.0. The molecule has 0 spiro atoms. The maximum absolute atomic E-state index is 12.6. The van der Waals surface area contributed by atoms with Gasteiger partial charge < -0.3 is 15.5 Å². The molecular weight excluding hydrogens is 336 g/mol. The highest BCUT2D eigenvalue weighted by Gasteiger charge is 2.14. The number of piperazine rings is 1. The van der Waals surface area contributed by atoms with E-state index in [2.05, 4.69) is 20.5 Å². The standard InChI is InChI=1S/C19H24N4O.ClH/c1-13-10-14(2)18(15(3)11-13)19(24)22-17-5-4-16(12-21-17)23-8-6-20-7-9-23;/h4-5,10-12,20H,6-9H2,1-3H3,(H,21,22,24);1H. The van der Waals surface area contributed by atoms with Gasteiger partial charge in [-0.3, -0.25) is 4.79 Å². The van der Waals surface area contributed by atoms with Crippen molar-refractivity contribution >= 4 is 29.8 Å². The number of nitrogens with zero attached hydrogens (tertiary/aromatic N) is 2. The summed E-state index contributed by atoms with van der Waals surface area (Å²) in [5.41, 5.74) is 4.97. The van der Waals surface area contributed by atoms with E-state index in [-0.39, 0.29) is 18.3 Å². The van der Waals surface area contributed by atoms with E-state index in [0.717, 1.165) is 48.6 Å². The lowest BCUT2D eigenvalue weighted by molar-refractivity contribution is 0.102. The Balaban J connectivity index is 0.00000225. The van der Waals surface area contributed by atoms with Crippen LogP contribution in [0.1, 0.15) is 27.0 Å². The van der Waals surface area contributed by atoms with Gasteiger partial charge in [0.05, 0.1) is 11.9 Å². The highest BCUT2D eigenvalue weighted by atomic mass is 35.5. The molecule has 0 unspecified atom stereocenters. The lowest BCUT2D eigenvalue weighted by Crippen LogP contribution is -2.43. The molecular formula is C19H25ClN4O. The minimum absolute atomic E-state index is 0. The van der Waals surface area contributed by atoms with Crippen molar-refractivity contribution in [1.82, 2.24) is 10.3 Å². The zero-order chi connectivity index (χ0) is 17.1. The third kappa shape index (κ3) is 4.50. The van der Waals surface area contributed by atoms with Crippen molar-refractivity contribution in [3.8, 4) is 0 Å². The molecule has 134 valence electrons. The molecule has 2 N–H and O–H groups in total. The number of benzene rings is 1. The molecule has 0 radical (unpaired) electrons. The number of carbonyl (C=O) groups is 1. The second-order valence-corrected chi connectivity index (χ2v) is 6.37. The van der Waals surface area contributed by atoms with Crippen LogP contribution in [0.2, 0.25) is 0 Å². The molecule has 2 heterocycles. The van der Waals surface area contributed by atoms with Crippen molar-refractivity contribution in [1.29, 1.82) is 0 Å². The second-order valence-electron chi connectivity index (χ2n) is 6.37. The Hall–Kier alpha value is -2.11. The Morgan fingerprint density at radius 2 is 1.76 bits per heavy atom. The average Bonchev–Trinajstić information content (AvgIpc) is 2.55. The first-order valence-electron chi connectivity index (χ1n) is 8.35. The van der Waals surface area contributed by atoms with Gasteiger partial charge >= 0.3 is 0 Å². The average molecular weight is 361 g/mol. The van der Waals surface area contributed by atoms with Crippen LogP contribution in [0.3, 0.4) is 0 Å². The summed E-state index contributed by atoms with van der Waals surface area (Å²) in [5.74, 6) is 0.477. The number of hydrogen-bond acceptors (Lipinski definition) is 4. The van der Waals surface area contributed by atoms with E-state index < -0.39 is 0 Å². The number of anilines is 2. The summed E-state index contributed by atoms with van der Waals surface area (Å²) in [5, 5.41) is 6.24. The maximum atomic E-state index is 12.6. The molecule has 1 fully saturated rings. The van der Waals surface area contributed by atoms with Gasteiger partial charge in [-0.05, 0) is 44.0 Å². The molecule has 0 atom stereocenters. The molecule has 1 aliphatic rings. The molecule has 2 aromatic rings. The predicted octanol–water partition coefficient (Wildman–Crippen LogP) is 3.09. The lowest BCUT2D eigenvalue weighted by Gasteiger charge is -2.29. The van der Waals surface area contributed by atoms with Gasteiger partial charge in [-0.15, -0.1) is 12.4 Å². The molecule has 1 saturated heterocycles. The molecule has 3 rings (SSSR count). The molecule has 1 aromatic carbocycles. The molecule has 1 amide bonds. The van der Waals surface area contributed by atoms with Crippen LogP contribution in [-0.4, -0.2) is 37.1 Å². The van der Waals surface area contributed by atoms with Crippen LogP contribution in [0.5, 0.6) is 0 Å². The first-order valence-corrected chi connectivity index (χ1v) is 8.35. The number of aromatic nitrogens is 1. The van der Waals surface area contributed by atoms with Gasteiger partial charge in [0, 0.05) is 31.7 Å². The van der Waals surface area contributed by atoms with Crippen molar-refractivity contribution in [2.24, 2.45) is 0 Å². The van der Waals surface area contributed by atoms with Crippen LogP contribution in [0.25, 0.3) is 0 Å². The minimum atomic E-state index is -0.104. The van der Waals surface area contributed by atoms with E-state index >= 15 is 0 Å². The zero-order valence-corrected chi connectivity index (χ0v) is 15.7. The van der Waals surface area contributed by atoms with Crippen molar-refractivity contribution in [2.75, 3.05) is 36.4 Å². The predicted molar refractivity (Wildman–Crippen MR) is 105 cm³/mol. The number of rotatable bonds is 3. The minimum Gasteiger partial charge on any atom is -0.368 e. The highest BCUT2D eigenvalue weighted by Crippen LogP contribution is 2.19. The third-order valence-corrected chi connectivity index (χ3v) is 4.38. The number of hydrogen-bond donors (Lipinski definition) is 2. The summed E-state index contributed by atoms with van der Waals surface area (Å²) in [4.78, 5) is 19.3. The quantitative estimate of drug-likeness (QED) is 0.883. The molecule has 5 nitrogen and oxygen atoms in total. The second kappa shape index (κ2) is 8.32. The van der Waals surface area contributed by atoms with Crippen LogP contribution in [0, 0.1) is 20.8 Å². The van der Waals surface area contributed by atoms with Gasteiger partial charge in [-0.2, -0.15) is 0 Å². The summed E-state index contributed by atoms with van der Waals surface area (Å²) in [6.45, 7) is 9.92. The SMILES string of the molecule is Cc1cc(C)c(C(=O)Nc2ccc(N3CCNCC3)cn2)c(C)c1.Cl. The van der Waals surface area contributed by atoms with Crippen LogP contribution in [0.15, 0.2) is 30.5 Å². The summed E-state index contributed by atoms with van der Waals surface area (Å²) in [6, 6.07) is 7.95. The number of carbonyl (C=O) groups excluding carboxylic acids is 1. The number of amides is 1. The molecule has 0 aliphatic carbocycles. The third-order valence-electron chi connectivity index (χ3n) is 4.38. The summed E-state index contributed by atoms with van der Waals surface area (Å²) in [6.07, 6.45) is 1.83. The van der Waals surface area contributed by atoms with E-state index in [4.69, 9.17) is 0 Å². The van der Waals surface area contributed by atoms with E-state index in [1.165, 1.54) is 5.56 Å². The number of aryl methyl sites for hydroxylation is 3. The fourth-order valence-electron chi connectivity index (χ4n) is 3.29. The first kappa shape index (κ1) is 19.2. The Labute approximate surface area is 155 Å². The highest BCUT2D eigenvalue weighted by molar-refractivity contribution is 6.05. The lowest BCUT2D eigenvalue weighted by atomic mass is 9.99. The monoisotopic (exact) mass is 360 g/mol. The van der Waals surface area contributed by atoms with Gasteiger partial charge in [0.2, 0.25) is 0 Å². The van der Waals surface area contributed by atoms with Gasteiger partial charge in [-0.1, -0.05) is 17.7 Å². The Morgan fingerprint density at radius 3 is 2.32 bits per heavy atom. The Kier molecular flexibility index (Phi) is 6.39. The number of halogens is 1. The fourth-order valence-corrected chi connectivity index (χ4v) is 3.29. The molecule has 1 aromatic heterocycles. The maximum Gasteiger partial charge on any atom is 0.257 e. The first-order chi connectivity index (χ1) is 11.5. The van der Waals surface area contributed by atoms with Crippen LogP contribution < -0.4 is 15.5 Å². The van der Waals surface area contributed by atoms with Gasteiger partial charge in [0.15, 0.2) is 0 Å². The van der Waals surface area contributed by atoms with Crippen LogP contribution in [-0.2, 0) is 0 Å². The summed E-state index contributed by atoms with van der Waals surface area (Å²) in [7, 11) is 0. The largest absolute Gasteiger partial charge is 0.368 e. The molecule has 25 heavy (non-hydrogen) atoms. The molecule has 6 heteroatoms. The summed E-state index contributed by atoms with van der Waals surface area (Å²) < 4.78 is 0. The van der Waals surface area contributed by atoms with Gasteiger partial charge in [-0.25, -0.2) is 4.98 Å². The molecule has 1 aliphatic heterocycles. The van der Waals surface area contributed by atoms with Crippen molar-refractivity contribution < 1.29 is 4.79 Å². The number of pyridine rings is 1. The summed E-state index contributed by atoms with van der Waals surface area (Å²) >= 11 is 0. The smallest absolute Gasteiger partial charge is 0.257 e. The zero-order valence-electron chi connectivity index (χ0n) is 14.9.